The number of furan rings is 1. The second kappa shape index (κ2) is 12.1. The summed E-state index contributed by atoms with van der Waals surface area (Å²) in [6.07, 6.45) is 1.65. The predicted octanol–water partition coefficient (Wildman–Crippen LogP) is 5.46. The summed E-state index contributed by atoms with van der Waals surface area (Å²) in [4.78, 5) is 32.2. The number of methoxy groups -OCH3 is 1. The molecule has 0 unspecified atom stereocenters. The summed E-state index contributed by atoms with van der Waals surface area (Å²) >= 11 is 3.50. The van der Waals surface area contributed by atoms with Gasteiger partial charge in [0.05, 0.1) is 41.7 Å². The third-order valence-corrected chi connectivity index (χ3v) is 8.11. The molecule has 4 aromatic rings. The lowest BCUT2D eigenvalue weighted by atomic mass is 9.95. The summed E-state index contributed by atoms with van der Waals surface area (Å²) < 4.78 is 26.1. The lowest BCUT2D eigenvalue weighted by Crippen LogP contribution is -2.40. The number of allylic oxidation sites excluding steroid dienone is 1. The number of hydrogen-bond acceptors (Lipinski definition) is 8. The van der Waals surface area contributed by atoms with Gasteiger partial charge in [0.1, 0.15) is 11.5 Å². The molecule has 0 saturated heterocycles. The monoisotopic (exact) mass is 684 g/mol. The Hall–Kier alpha value is -3.64. The first-order valence-electron chi connectivity index (χ1n) is 13.1. The van der Waals surface area contributed by atoms with Crippen molar-refractivity contribution in [3.8, 4) is 22.8 Å². The van der Waals surface area contributed by atoms with Gasteiger partial charge in [-0.15, -0.1) is 0 Å². The molecule has 3 heterocycles. The molecule has 1 aliphatic heterocycles. The number of halogens is 1. The van der Waals surface area contributed by atoms with Crippen molar-refractivity contribution in [2.24, 2.45) is 4.99 Å². The molecule has 212 valence electrons. The standard InChI is InChI=1S/C31H29IN2O6S/c1-6-38-30(36)27-18(4)33-31-34(28(27)20-9-13-24(39-17(2)3)25(15-20)37-5)29(35)26(41-31)16-22-12-14-23(40-22)19-7-10-21(32)11-8-19/h7-17,28H,6H2,1-5H3/b26-16-/t28-/m1/s1. The molecular formula is C31H29IN2O6S. The van der Waals surface area contributed by atoms with Gasteiger partial charge < -0.3 is 18.6 Å². The van der Waals surface area contributed by atoms with Crippen LogP contribution in [0.5, 0.6) is 11.5 Å². The Morgan fingerprint density at radius 1 is 1.15 bits per heavy atom. The smallest absolute Gasteiger partial charge is 0.338 e. The molecular weight excluding hydrogens is 655 g/mol. The average Bonchev–Trinajstić information content (AvgIpc) is 3.52. The number of benzene rings is 2. The molecule has 1 atom stereocenters. The molecule has 0 radical (unpaired) electrons. The van der Waals surface area contributed by atoms with Crippen LogP contribution in [0.4, 0.5) is 0 Å². The highest BCUT2D eigenvalue weighted by Crippen LogP contribution is 2.36. The fraction of sp³-hybridized carbons (Fsp3) is 0.258. The van der Waals surface area contributed by atoms with Gasteiger partial charge in [-0.05, 0) is 92.2 Å². The van der Waals surface area contributed by atoms with Crippen molar-refractivity contribution in [1.82, 2.24) is 4.57 Å². The van der Waals surface area contributed by atoms with Crippen molar-refractivity contribution in [3.05, 3.63) is 100 Å². The molecule has 1 aliphatic rings. The van der Waals surface area contributed by atoms with Crippen molar-refractivity contribution >= 4 is 46.0 Å². The predicted molar refractivity (Wildman–Crippen MR) is 166 cm³/mol. The summed E-state index contributed by atoms with van der Waals surface area (Å²) in [7, 11) is 1.55. The summed E-state index contributed by atoms with van der Waals surface area (Å²) in [5, 5.41) is 0. The second-order valence-corrected chi connectivity index (χ2v) is 11.8. The Bertz CT molecular complexity index is 1810. The van der Waals surface area contributed by atoms with Crippen LogP contribution in [0.25, 0.3) is 17.4 Å². The molecule has 0 amide bonds. The minimum atomic E-state index is -0.770. The van der Waals surface area contributed by atoms with Crippen LogP contribution < -0.4 is 24.4 Å². The van der Waals surface area contributed by atoms with E-state index in [0.717, 1.165) is 9.13 Å². The van der Waals surface area contributed by atoms with Gasteiger partial charge in [-0.2, -0.15) is 0 Å². The number of esters is 1. The molecule has 5 rings (SSSR count). The van der Waals surface area contributed by atoms with Crippen LogP contribution in [-0.2, 0) is 9.53 Å². The van der Waals surface area contributed by atoms with E-state index in [1.807, 2.05) is 56.3 Å². The molecule has 2 aromatic heterocycles. The van der Waals surface area contributed by atoms with Gasteiger partial charge in [0, 0.05) is 15.2 Å². The molecule has 8 nitrogen and oxygen atoms in total. The topological polar surface area (TPSA) is 92.3 Å². The Morgan fingerprint density at radius 2 is 1.90 bits per heavy atom. The van der Waals surface area contributed by atoms with Gasteiger partial charge in [-0.3, -0.25) is 9.36 Å². The van der Waals surface area contributed by atoms with E-state index < -0.39 is 12.0 Å². The van der Waals surface area contributed by atoms with Gasteiger partial charge in [0.2, 0.25) is 0 Å². The minimum Gasteiger partial charge on any atom is -0.493 e. The lowest BCUT2D eigenvalue weighted by Gasteiger charge is -2.25. The number of aromatic nitrogens is 1. The molecule has 0 saturated carbocycles. The van der Waals surface area contributed by atoms with E-state index in [2.05, 4.69) is 27.6 Å². The van der Waals surface area contributed by atoms with Gasteiger partial charge >= 0.3 is 5.97 Å². The van der Waals surface area contributed by atoms with Crippen LogP contribution in [0.1, 0.15) is 45.1 Å². The van der Waals surface area contributed by atoms with E-state index in [-0.39, 0.29) is 18.3 Å². The number of fused-ring (bicyclic) bond motifs is 1. The molecule has 0 spiro atoms. The van der Waals surface area contributed by atoms with Crippen molar-refractivity contribution in [1.29, 1.82) is 0 Å². The van der Waals surface area contributed by atoms with E-state index in [9.17, 15) is 9.59 Å². The molecule has 2 aromatic carbocycles. The van der Waals surface area contributed by atoms with Crippen molar-refractivity contribution in [2.45, 2.75) is 39.8 Å². The van der Waals surface area contributed by atoms with Crippen LogP contribution in [0, 0.1) is 3.57 Å². The number of hydrogen-bond donors (Lipinski definition) is 0. The number of thiazole rings is 1. The van der Waals surface area contributed by atoms with Crippen LogP contribution >= 0.6 is 33.9 Å². The van der Waals surface area contributed by atoms with Crippen molar-refractivity contribution < 1.29 is 23.4 Å². The van der Waals surface area contributed by atoms with E-state index in [0.29, 0.717) is 49.2 Å². The maximum absolute atomic E-state index is 13.9. The Balaban J connectivity index is 1.64. The number of rotatable bonds is 8. The largest absolute Gasteiger partial charge is 0.493 e. The SMILES string of the molecule is CCOC(=O)C1=C(C)N=c2s/c(=C\c3ccc(-c4ccc(I)cc4)o3)c(=O)n2[C@@H]1c1ccc(OC(C)C)c(OC)c1. The molecule has 0 bridgehead atoms. The number of ether oxygens (including phenoxy) is 3. The number of nitrogens with zero attached hydrogens (tertiary/aromatic N) is 2. The molecule has 0 aliphatic carbocycles. The summed E-state index contributed by atoms with van der Waals surface area (Å²) in [6.45, 7) is 7.55. The molecule has 41 heavy (non-hydrogen) atoms. The van der Waals surface area contributed by atoms with Gasteiger partial charge in [-0.1, -0.05) is 29.5 Å². The summed E-state index contributed by atoms with van der Waals surface area (Å²) in [5.41, 5.74) is 2.11. The van der Waals surface area contributed by atoms with E-state index in [4.69, 9.17) is 18.6 Å². The average molecular weight is 685 g/mol. The molecule has 0 N–H and O–H groups in total. The van der Waals surface area contributed by atoms with Crippen LogP contribution in [0.2, 0.25) is 0 Å². The summed E-state index contributed by atoms with van der Waals surface area (Å²) in [5.74, 6) is 1.78. The Morgan fingerprint density at radius 3 is 2.59 bits per heavy atom. The van der Waals surface area contributed by atoms with Gasteiger partial charge in [0.15, 0.2) is 16.3 Å². The quantitative estimate of drug-likeness (QED) is 0.181. The minimum absolute atomic E-state index is 0.0579. The first-order chi connectivity index (χ1) is 19.7. The maximum Gasteiger partial charge on any atom is 0.338 e. The highest BCUT2D eigenvalue weighted by molar-refractivity contribution is 14.1. The Kier molecular flexibility index (Phi) is 8.50. The summed E-state index contributed by atoms with van der Waals surface area (Å²) in [6, 6.07) is 16.3. The van der Waals surface area contributed by atoms with Crippen molar-refractivity contribution in [3.63, 3.8) is 0 Å². The van der Waals surface area contributed by atoms with E-state index in [1.54, 1.807) is 39.2 Å². The van der Waals surface area contributed by atoms with E-state index >= 15 is 0 Å². The second-order valence-electron chi connectivity index (χ2n) is 9.59. The van der Waals surface area contributed by atoms with Crippen molar-refractivity contribution in [2.75, 3.05) is 13.7 Å². The third kappa shape index (κ3) is 5.89. The van der Waals surface area contributed by atoms with Crippen LogP contribution in [0.15, 0.2) is 80.1 Å². The first kappa shape index (κ1) is 28.9. The molecule has 10 heteroatoms. The van der Waals surface area contributed by atoms with Crippen LogP contribution in [-0.4, -0.2) is 30.4 Å². The number of carbonyl (C=O) groups is 1. The van der Waals surface area contributed by atoms with Gasteiger partial charge in [-0.25, -0.2) is 9.79 Å². The third-order valence-electron chi connectivity index (χ3n) is 6.41. The highest BCUT2D eigenvalue weighted by atomic mass is 127. The zero-order valence-corrected chi connectivity index (χ0v) is 26.2. The van der Waals surface area contributed by atoms with E-state index in [1.165, 1.54) is 15.9 Å². The normalized spacial score (nSPS) is 15.1. The number of carbonyl (C=O) groups excluding carboxylic acids is 1. The van der Waals surface area contributed by atoms with Gasteiger partial charge in [0.25, 0.3) is 5.56 Å². The maximum atomic E-state index is 13.9. The zero-order valence-electron chi connectivity index (χ0n) is 23.3. The van der Waals surface area contributed by atoms with Crippen LogP contribution in [0.3, 0.4) is 0 Å². The highest BCUT2D eigenvalue weighted by Gasteiger charge is 2.34. The Labute approximate surface area is 254 Å². The molecule has 0 fully saturated rings. The fourth-order valence-corrected chi connectivity index (χ4v) is 6.03. The lowest BCUT2D eigenvalue weighted by molar-refractivity contribution is -0.139. The zero-order chi connectivity index (χ0) is 29.3. The first-order valence-corrected chi connectivity index (χ1v) is 15.0. The fourth-order valence-electron chi connectivity index (χ4n) is 4.64.